The van der Waals surface area contributed by atoms with Gasteiger partial charge in [-0.2, -0.15) is 0 Å². The molecule has 0 heterocycles. The molecule has 6 heteroatoms. The van der Waals surface area contributed by atoms with E-state index in [1.165, 1.54) is 19.8 Å². The van der Waals surface area contributed by atoms with E-state index in [0.717, 1.165) is 24.8 Å². The zero-order valence-electron chi connectivity index (χ0n) is 12.5. The SMILES string of the molecule is COC[C@H](CS(=O)(=O)N[C@@H]1CCCc2ccccc21)OC. The molecule has 2 atom stereocenters. The number of ether oxygens (including phenoxy) is 2. The van der Waals surface area contributed by atoms with Crippen LogP contribution in [0.2, 0.25) is 0 Å². The molecule has 1 aromatic rings. The highest BCUT2D eigenvalue weighted by Crippen LogP contribution is 2.30. The Hall–Kier alpha value is -0.950. The highest BCUT2D eigenvalue weighted by atomic mass is 32.2. The van der Waals surface area contributed by atoms with E-state index in [9.17, 15) is 8.42 Å². The summed E-state index contributed by atoms with van der Waals surface area (Å²) < 4.78 is 37.5. The smallest absolute Gasteiger partial charge is 0.214 e. The van der Waals surface area contributed by atoms with Crippen LogP contribution in [-0.4, -0.2) is 41.1 Å². The zero-order valence-corrected chi connectivity index (χ0v) is 13.4. The topological polar surface area (TPSA) is 64.6 Å². The second-order valence-corrected chi connectivity index (χ2v) is 7.15. The van der Waals surface area contributed by atoms with Crippen molar-refractivity contribution in [3.63, 3.8) is 0 Å². The summed E-state index contributed by atoms with van der Waals surface area (Å²) >= 11 is 0. The Balaban J connectivity index is 2.07. The molecule has 0 fully saturated rings. The van der Waals surface area contributed by atoms with Gasteiger partial charge >= 0.3 is 0 Å². The number of sulfonamides is 1. The molecule has 0 spiro atoms. The van der Waals surface area contributed by atoms with Gasteiger partial charge in [0.1, 0.15) is 0 Å². The van der Waals surface area contributed by atoms with Crippen LogP contribution >= 0.6 is 0 Å². The molecule has 2 rings (SSSR count). The van der Waals surface area contributed by atoms with Crippen LogP contribution < -0.4 is 4.72 Å². The van der Waals surface area contributed by atoms with E-state index in [1.807, 2.05) is 18.2 Å². The molecule has 1 aliphatic carbocycles. The van der Waals surface area contributed by atoms with Crippen LogP contribution in [-0.2, 0) is 25.9 Å². The molecular weight excluding hydrogens is 290 g/mol. The van der Waals surface area contributed by atoms with Crippen LogP contribution in [0.3, 0.4) is 0 Å². The molecule has 0 amide bonds. The number of rotatable bonds is 7. The fourth-order valence-electron chi connectivity index (χ4n) is 2.76. The van der Waals surface area contributed by atoms with Crippen LogP contribution in [0.25, 0.3) is 0 Å². The van der Waals surface area contributed by atoms with Crippen LogP contribution in [0.15, 0.2) is 24.3 Å². The normalized spacial score (nSPS) is 20.0. The van der Waals surface area contributed by atoms with E-state index in [4.69, 9.17) is 9.47 Å². The van der Waals surface area contributed by atoms with Gasteiger partial charge in [0.25, 0.3) is 0 Å². The minimum Gasteiger partial charge on any atom is -0.382 e. The van der Waals surface area contributed by atoms with Gasteiger partial charge in [-0.15, -0.1) is 0 Å². The summed E-state index contributed by atoms with van der Waals surface area (Å²) in [6.45, 7) is 0.263. The second kappa shape index (κ2) is 7.35. The van der Waals surface area contributed by atoms with Crippen LogP contribution in [0.1, 0.15) is 30.0 Å². The molecule has 0 saturated carbocycles. The first-order valence-corrected chi connectivity index (χ1v) is 8.80. The van der Waals surface area contributed by atoms with Gasteiger partial charge in [-0.1, -0.05) is 24.3 Å². The molecule has 1 aromatic carbocycles. The number of nitrogens with one attached hydrogen (secondary N) is 1. The molecule has 1 N–H and O–H groups in total. The lowest BCUT2D eigenvalue weighted by atomic mass is 9.88. The van der Waals surface area contributed by atoms with Crippen LogP contribution in [0.4, 0.5) is 0 Å². The summed E-state index contributed by atoms with van der Waals surface area (Å²) in [5.74, 6) is -0.0873. The molecule has 0 saturated heterocycles. The molecule has 0 radical (unpaired) electrons. The Morgan fingerprint density at radius 2 is 2.10 bits per heavy atom. The summed E-state index contributed by atoms with van der Waals surface area (Å²) in [6, 6.07) is 7.88. The van der Waals surface area contributed by atoms with Crippen molar-refractivity contribution in [2.45, 2.75) is 31.4 Å². The molecule has 1 aliphatic rings. The molecule has 0 aliphatic heterocycles. The van der Waals surface area contributed by atoms with Gasteiger partial charge in [-0.3, -0.25) is 0 Å². The summed E-state index contributed by atoms with van der Waals surface area (Å²) in [5, 5.41) is 0. The highest BCUT2D eigenvalue weighted by Gasteiger charge is 2.26. The Kier molecular flexibility index (Phi) is 5.75. The Morgan fingerprint density at radius 1 is 1.33 bits per heavy atom. The average molecular weight is 313 g/mol. The lowest BCUT2D eigenvalue weighted by Gasteiger charge is -2.26. The summed E-state index contributed by atoms with van der Waals surface area (Å²) in [4.78, 5) is 0. The van der Waals surface area contributed by atoms with E-state index >= 15 is 0 Å². The number of fused-ring (bicyclic) bond motifs is 1. The fraction of sp³-hybridized carbons (Fsp3) is 0.600. The molecule has 21 heavy (non-hydrogen) atoms. The lowest BCUT2D eigenvalue weighted by molar-refractivity contribution is 0.0418. The largest absolute Gasteiger partial charge is 0.382 e. The second-order valence-electron chi connectivity index (χ2n) is 5.36. The number of benzene rings is 1. The maximum absolute atomic E-state index is 12.3. The molecule has 0 bridgehead atoms. The molecule has 0 unspecified atom stereocenters. The number of aryl methyl sites for hydroxylation is 1. The zero-order chi connectivity index (χ0) is 15.3. The molecule has 0 aromatic heterocycles. The van der Waals surface area contributed by atoms with Gasteiger partial charge in [0.05, 0.1) is 18.5 Å². The average Bonchev–Trinajstić information content (AvgIpc) is 2.46. The van der Waals surface area contributed by atoms with Gasteiger partial charge in [0.15, 0.2) is 0 Å². The van der Waals surface area contributed by atoms with Crippen molar-refractivity contribution in [3.8, 4) is 0 Å². The van der Waals surface area contributed by atoms with E-state index in [-0.39, 0.29) is 18.4 Å². The first-order valence-electron chi connectivity index (χ1n) is 7.15. The van der Waals surface area contributed by atoms with Crippen molar-refractivity contribution in [3.05, 3.63) is 35.4 Å². The Morgan fingerprint density at radius 3 is 2.81 bits per heavy atom. The molecule has 118 valence electrons. The van der Waals surface area contributed by atoms with E-state index in [2.05, 4.69) is 10.8 Å². The summed E-state index contributed by atoms with van der Waals surface area (Å²) in [5.41, 5.74) is 2.32. The van der Waals surface area contributed by atoms with Crippen LogP contribution in [0, 0.1) is 0 Å². The van der Waals surface area contributed by atoms with Gasteiger partial charge in [0.2, 0.25) is 10.0 Å². The van der Waals surface area contributed by atoms with Crippen molar-refractivity contribution in [2.24, 2.45) is 0 Å². The van der Waals surface area contributed by atoms with Crippen molar-refractivity contribution >= 4 is 10.0 Å². The summed E-state index contributed by atoms with van der Waals surface area (Å²) in [7, 11) is -0.386. The minimum atomic E-state index is -3.41. The summed E-state index contributed by atoms with van der Waals surface area (Å²) in [6.07, 6.45) is 2.39. The van der Waals surface area contributed by atoms with Gasteiger partial charge in [0, 0.05) is 20.3 Å². The van der Waals surface area contributed by atoms with Crippen LogP contribution in [0.5, 0.6) is 0 Å². The van der Waals surface area contributed by atoms with Gasteiger partial charge in [-0.05, 0) is 30.4 Å². The third kappa shape index (κ3) is 4.51. The van der Waals surface area contributed by atoms with E-state index in [0.29, 0.717) is 0 Å². The highest BCUT2D eigenvalue weighted by molar-refractivity contribution is 7.89. The van der Waals surface area contributed by atoms with E-state index in [1.54, 1.807) is 0 Å². The van der Waals surface area contributed by atoms with Gasteiger partial charge < -0.3 is 9.47 Å². The predicted octanol–water partition coefficient (Wildman–Crippen LogP) is 1.64. The van der Waals surface area contributed by atoms with Crippen molar-refractivity contribution in [1.82, 2.24) is 4.72 Å². The van der Waals surface area contributed by atoms with Crippen molar-refractivity contribution in [1.29, 1.82) is 0 Å². The number of hydrogen-bond donors (Lipinski definition) is 1. The predicted molar refractivity (Wildman–Crippen MR) is 81.7 cm³/mol. The number of hydrogen-bond acceptors (Lipinski definition) is 4. The Labute approximate surface area is 126 Å². The molecular formula is C15H23NO4S. The van der Waals surface area contributed by atoms with Crippen molar-refractivity contribution < 1.29 is 17.9 Å². The first-order chi connectivity index (χ1) is 10.1. The maximum Gasteiger partial charge on any atom is 0.214 e. The van der Waals surface area contributed by atoms with E-state index < -0.39 is 16.1 Å². The monoisotopic (exact) mass is 313 g/mol. The first kappa shape index (κ1) is 16.4. The fourth-order valence-corrected chi connectivity index (χ4v) is 4.25. The third-order valence-electron chi connectivity index (χ3n) is 3.78. The number of methoxy groups -OCH3 is 2. The minimum absolute atomic E-state index is 0.0873. The maximum atomic E-state index is 12.3. The molecule has 5 nitrogen and oxygen atoms in total. The van der Waals surface area contributed by atoms with Crippen molar-refractivity contribution in [2.75, 3.05) is 26.6 Å². The standard InChI is InChI=1S/C15H23NO4S/c1-19-10-13(20-2)11-21(17,18)16-15-9-5-7-12-6-3-4-8-14(12)15/h3-4,6,8,13,15-16H,5,7,9-11H2,1-2H3/t13-,15-/m1/s1. The third-order valence-corrected chi connectivity index (χ3v) is 5.24. The quantitative estimate of drug-likeness (QED) is 0.831. The Bertz CT molecular complexity index is 559. The lowest BCUT2D eigenvalue weighted by Crippen LogP contribution is -2.38. The van der Waals surface area contributed by atoms with Gasteiger partial charge in [-0.25, -0.2) is 13.1 Å².